The third kappa shape index (κ3) is 2.07. The fourth-order valence-electron chi connectivity index (χ4n) is 2.19. The lowest BCUT2D eigenvalue weighted by Gasteiger charge is -2.30. The summed E-state index contributed by atoms with van der Waals surface area (Å²) in [5, 5.41) is -0.477. The molecule has 0 bridgehead atoms. The first-order valence-corrected chi connectivity index (χ1v) is 6.93. The first-order chi connectivity index (χ1) is 7.86. The molecule has 0 amide bonds. The number of rotatable bonds is 2. The highest BCUT2D eigenvalue weighted by molar-refractivity contribution is 7.89. The van der Waals surface area contributed by atoms with Gasteiger partial charge in [0.05, 0.1) is 0 Å². The molecule has 0 atom stereocenters. The van der Waals surface area contributed by atoms with Gasteiger partial charge < -0.3 is 0 Å². The molecule has 94 valence electrons. The lowest BCUT2D eigenvalue weighted by Crippen LogP contribution is -2.43. The third-order valence-electron chi connectivity index (χ3n) is 3.08. The van der Waals surface area contributed by atoms with Crippen molar-refractivity contribution in [2.24, 2.45) is 0 Å². The largest absolute Gasteiger partial charge is 0.264 e. The molecule has 1 saturated heterocycles. The Bertz CT molecular complexity index is 528. The van der Waals surface area contributed by atoms with Crippen LogP contribution in [-0.2, 0) is 10.0 Å². The predicted octanol–water partition coefficient (Wildman–Crippen LogP) is 1.78. The van der Waals surface area contributed by atoms with Crippen molar-refractivity contribution in [3.63, 3.8) is 0 Å². The van der Waals surface area contributed by atoms with Crippen LogP contribution in [0.1, 0.15) is 26.7 Å². The monoisotopic (exact) mass is 258 g/mol. The average molecular weight is 258 g/mol. The van der Waals surface area contributed by atoms with Crippen molar-refractivity contribution < 1.29 is 12.8 Å². The standard InChI is InChI=1S/C11H15FN2O2S/c1-11(2)6-4-8-14(11)17(15,16)10-9(12)5-3-7-13-10/h3,5,7H,4,6,8H2,1-2H3. The maximum atomic E-state index is 13.5. The van der Waals surface area contributed by atoms with Crippen LogP contribution in [0.3, 0.4) is 0 Å². The molecule has 1 aromatic rings. The topological polar surface area (TPSA) is 50.3 Å². The van der Waals surface area contributed by atoms with E-state index in [1.54, 1.807) is 0 Å². The summed E-state index contributed by atoms with van der Waals surface area (Å²) in [4.78, 5) is 3.66. The Labute approximate surface area is 101 Å². The molecular weight excluding hydrogens is 243 g/mol. The lowest BCUT2D eigenvalue weighted by atomic mass is 10.0. The number of hydrogen-bond donors (Lipinski definition) is 0. The Morgan fingerprint density at radius 3 is 2.71 bits per heavy atom. The minimum absolute atomic E-state index is 0.422. The van der Waals surface area contributed by atoms with Gasteiger partial charge >= 0.3 is 0 Å². The molecule has 0 spiro atoms. The third-order valence-corrected chi connectivity index (χ3v) is 5.13. The van der Waals surface area contributed by atoms with Crippen LogP contribution < -0.4 is 0 Å². The lowest BCUT2D eigenvalue weighted by molar-refractivity contribution is 0.289. The van der Waals surface area contributed by atoms with E-state index in [1.807, 2.05) is 13.8 Å². The zero-order chi connectivity index (χ0) is 12.7. The number of aromatic nitrogens is 1. The fraction of sp³-hybridized carbons (Fsp3) is 0.545. The first kappa shape index (κ1) is 12.4. The van der Waals surface area contributed by atoms with Crippen LogP contribution in [0.15, 0.2) is 23.4 Å². The van der Waals surface area contributed by atoms with Crippen LogP contribution in [0, 0.1) is 5.82 Å². The van der Waals surface area contributed by atoms with E-state index in [1.165, 1.54) is 16.6 Å². The summed E-state index contributed by atoms with van der Waals surface area (Å²) in [6, 6.07) is 2.49. The molecule has 2 heterocycles. The summed E-state index contributed by atoms with van der Waals surface area (Å²) in [5.74, 6) is -0.796. The SMILES string of the molecule is CC1(C)CCCN1S(=O)(=O)c1ncccc1F. The highest BCUT2D eigenvalue weighted by Crippen LogP contribution is 2.33. The van der Waals surface area contributed by atoms with E-state index in [4.69, 9.17) is 0 Å². The van der Waals surface area contributed by atoms with Gasteiger partial charge in [-0.25, -0.2) is 17.8 Å². The Morgan fingerprint density at radius 2 is 2.18 bits per heavy atom. The second-order valence-corrected chi connectivity index (χ2v) is 6.56. The molecule has 1 aliphatic heterocycles. The minimum Gasteiger partial charge on any atom is -0.241 e. The van der Waals surface area contributed by atoms with Gasteiger partial charge in [0.1, 0.15) is 0 Å². The summed E-state index contributed by atoms with van der Waals surface area (Å²) in [6.07, 6.45) is 2.86. The molecule has 6 heteroatoms. The number of pyridine rings is 1. The van der Waals surface area contributed by atoms with Crippen LogP contribution >= 0.6 is 0 Å². The molecule has 4 nitrogen and oxygen atoms in total. The summed E-state index contributed by atoms with van der Waals surface area (Å²) in [7, 11) is -3.83. The smallest absolute Gasteiger partial charge is 0.241 e. The van der Waals surface area contributed by atoms with E-state index in [2.05, 4.69) is 4.98 Å². The summed E-state index contributed by atoms with van der Waals surface area (Å²) in [6.45, 7) is 4.11. The Kier molecular flexibility index (Phi) is 2.95. The Morgan fingerprint density at radius 1 is 1.47 bits per heavy atom. The molecule has 1 fully saturated rings. The van der Waals surface area contributed by atoms with Crippen LogP contribution in [0.5, 0.6) is 0 Å². The molecule has 1 aliphatic rings. The van der Waals surface area contributed by atoms with Gasteiger partial charge in [-0.15, -0.1) is 0 Å². The molecule has 17 heavy (non-hydrogen) atoms. The van der Waals surface area contributed by atoms with Crippen molar-refractivity contribution in [2.75, 3.05) is 6.54 Å². The highest BCUT2D eigenvalue weighted by Gasteiger charge is 2.42. The first-order valence-electron chi connectivity index (χ1n) is 5.49. The zero-order valence-electron chi connectivity index (χ0n) is 9.85. The Balaban J connectivity index is 2.48. The van der Waals surface area contributed by atoms with Crippen molar-refractivity contribution in [1.82, 2.24) is 9.29 Å². The maximum Gasteiger partial charge on any atom is 0.264 e. The number of halogens is 1. The van der Waals surface area contributed by atoms with E-state index in [-0.39, 0.29) is 0 Å². The minimum atomic E-state index is -3.83. The van der Waals surface area contributed by atoms with Crippen LogP contribution in [0.4, 0.5) is 4.39 Å². The zero-order valence-corrected chi connectivity index (χ0v) is 10.7. The highest BCUT2D eigenvalue weighted by atomic mass is 32.2. The van der Waals surface area contributed by atoms with E-state index in [0.29, 0.717) is 6.54 Å². The van der Waals surface area contributed by atoms with Crippen LogP contribution in [-0.4, -0.2) is 29.8 Å². The van der Waals surface area contributed by atoms with Crippen molar-refractivity contribution in [3.05, 3.63) is 24.1 Å². The van der Waals surface area contributed by atoms with Crippen molar-refractivity contribution in [1.29, 1.82) is 0 Å². The second kappa shape index (κ2) is 4.03. The van der Waals surface area contributed by atoms with Crippen molar-refractivity contribution in [2.45, 2.75) is 37.3 Å². The Hall–Kier alpha value is -1.01. The molecule has 0 aromatic carbocycles. The van der Waals surface area contributed by atoms with Gasteiger partial charge in [0, 0.05) is 18.3 Å². The van der Waals surface area contributed by atoms with Gasteiger partial charge in [-0.3, -0.25) is 0 Å². The summed E-state index contributed by atoms with van der Waals surface area (Å²) in [5.41, 5.74) is -0.469. The molecule has 2 rings (SSSR count). The summed E-state index contributed by atoms with van der Waals surface area (Å²) >= 11 is 0. The molecule has 0 aliphatic carbocycles. The summed E-state index contributed by atoms with van der Waals surface area (Å²) < 4.78 is 39.4. The van der Waals surface area contributed by atoms with Crippen LogP contribution in [0.25, 0.3) is 0 Å². The molecule has 0 unspecified atom stereocenters. The molecular formula is C11H15FN2O2S. The van der Waals surface area contributed by atoms with Gasteiger partial charge in [0.25, 0.3) is 10.0 Å². The average Bonchev–Trinajstić information content (AvgIpc) is 2.59. The molecule has 1 aromatic heterocycles. The fourth-order valence-corrected chi connectivity index (χ4v) is 4.02. The number of hydrogen-bond acceptors (Lipinski definition) is 3. The second-order valence-electron chi connectivity index (χ2n) is 4.78. The normalized spacial score (nSPS) is 20.6. The van der Waals surface area contributed by atoms with E-state index < -0.39 is 26.4 Å². The van der Waals surface area contributed by atoms with Gasteiger partial charge in [-0.2, -0.15) is 4.31 Å². The van der Waals surface area contributed by atoms with Gasteiger partial charge in [0.15, 0.2) is 5.82 Å². The van der Waals surface area contributed by atoms with Gasteiger partial charge in [-0.1, -0.05) is 0 Å². The van der Waals surface area contributed by atoms with Crippen molar-refractivity contribution >= 4 is 10.0 Å². The van der Waals surface area contributed by atoms with Crippen LogP contribution in [0.2, 0.25) is 0 Å². The van der Waals surface area contributed by atoms with Gasteiger partial charge in [-0.05, 0) is 38.8 Å². The molecule has 0 saturated carbocycles. The van der Waals surface area contributed by atoms with E-state index in [0.717, 1.165) is 18.9 Å². The number of nitrogens with zero attached hydrogens (tertiary/aromatic N) is 2. The van der Waals surface area contributed by atoms with E-state index in [9.17, 15) is 12.8 Å². The molecule has 0 N–H and O–H groups in total. The van der Waals surface area contributed by atoms with E-state index >= 15 is 0 Å². The number of sulfonamides is 1. The molecule has 0 radical (unpaired) electrons. The quantitative estimate of drug-likeness (QED) is 0.812. The van der Waals surface area contributed by atoms with Crippen molar-refractivity contribution in [3.8, 4) is 0 Å². The maximum absolute atomic E-state index is 13.5. The predicted molar refractivity (Wildman–Crippen MR) is 61.4 cm³/mol. The van der Waals surface area contributed by atoms with Gasteiger partial charge in [0.2, 0.25) is 5.03 Å².